The molecule has 1 aromatic carbocycles. The zero-order chi connectivity index (χ0) is 14.5. The molecule has 1 aromatic heterocycles. The molecule has 106 valence electrons. The third-order valence-electron chi connectivity index (χ3n) is 2.70. The van der Waals surface area contributed by atoms with Crippen molar-refractivity contribution in [2.45, 2.75) is 13.3 Å². The molecule has 1 heterocycles. The first-order valence-corrected chi connectivity index (χ1v) is 8.13. The zero-order valence-corrected chi connectivity index (χ0v) is 15.0. The van der Waals surface area contributed by atoms with E-state index in [0.717, 1.165) is 38.1 Å². The van der Waals surface area contributed by atoms with Crippen LogP contribution >= 0.6 is 38.5 Å². The molecule has 6 heteroatoms. The van der Waals surface area contributed by atoms with Crippen LogP contribution in [0.2, 0.25) is 0 Å². The Morgan fingerprint density at radius 2 is 2.20 bits per heavy atom. The van der Waals surface area contributed by atoms with Crippen molar-refractivity contribution in [3.8, 4) is 17.1 Å². The molecule has 4 nitrogen and oxygen atoms in total. The van der Waals surface area contributed by atoms with E-state index in [2.05, 4.69) is 60.7 Å². The molecule has 0 aliphatic rings. The average molecular weight is 448 g/mol. The lowest BCUT2D eigenvalue weighted by atomic mass is 10.2. The van der Waals surface area contributed by atoms with E-state index in [9.17, 15) is 0 Å². The van der Waals surface area contributed by atoms with Crippen LogP contribution in [0.25, 0.3) is 11.4 Å². The Bertz CT molecular complexity index is 607. The van der Waals surface area contributed by atoms with Gasteiger partial charge in [0.2, 0.25) is 0 Å². The molecule has 0 aliphatic carbocycles. The van der Waals surface area contributed by atoms with Gasteiger partial charge >= 0.3 is 0 Å². The fourth-order valence-electron chi connectivity index (χ4n) is 1.67. The molecule has 0 bridgehead atoms. The molecular weight excluding hydrogens is 433 g/mol. The van der Waals surface area contributed by atoms with Gasteiger partial charge in [-0.2, -0.15) is 0 Å². The van der Waals surface area contributed by atoms with E-state index in [1.807, 2.05) is 24.4 Å². The molecule has 2 aromatic rings. The number of anilines is 1. The maximum atomic E-state index is 5.26. The van der Waals surface area contributed by atoms with E-state index in [4.69, 9.17) is 4.74 Å². The Balaban J connectivity index is 2.42. The quantitative estimate of drug-likeness (QED) is 0.692. The van der Waals surface area contributed by atoms with Gasteiger partial charge in [-0.25, -0.2) is 9.97 Å². The van der Waals surface area contributed by atoms with Gasteiger partial charge in [0, 0.05) is 22.8 Å². The minimum Gasteiger partial charge on any atom is -0.497 e. The summed E-state index contributed by atoms with van der Waals surface area (Å²) >= 11 is 5.77. The van der Waals surface area contributed by atoms with Gasteiger partial charge in [0.05, 0.1) is 10.7 Å². The third-order valence-corrected chi connectivity index (χ3v) is 4.18. The monoisotopic (exact) mass is 447 g/mol. The van der Waals surface area contributed by atoms with Crippen molar-refractivity contribution in [1.82, 2.24) is 9.97 Å². The first-order chi connectivity index (χ1) is 9.65. The summed E-state index contributed by atoms with van der Waals surface area (Å²) in [5.74, 6) is 2.33. The standard InChI is InChI=1S/C14H15BrIN3O/c1-3-6-17-14-12(16)8-18-13(19-14)10-7-9(20-2)4-5-11(10)15/h4-5,7-8H,3,6H2,1-2H3,(H,17,18,19). The van der Waals surface area contributed by atoms with Crippen LogP contribution in [0.3, 0.4) is 0 Å². The number of hydrogen-bond acceptors (Lipinski definition) is 4. The lowest BCUT2D eigenvalue weighted by Gasteiger charge is -2.10. The van der Waals surface area contributed by atoms with Gasteiger partial charge < -0.3 is 10.1 Å². The summed E-state index contributed by atoms with van der Waals surface area (Å²) in [6.07, 6.45) is 2.88. The summed E-state index contributed by atoms with van der Waals surface area (Å²) in [5.41, 5.74) is 0.917. The molecule has 0 fully saturated rings. The Morgan fingerprint density at radius 1 is 1.40 bits per heavy atom. The van der Waals surface area contributed by atoms with Crippen molar-refractivity contribution in [3.63, 3.8) is 0 Å². The molecule has 0 spiro atoms. The number of ether oxygens (including phenoxy) is 1. The third kappa shape index (κ3) is 3.60. The van der Waals surface area contributed by atoms with Crippen molar-refractivity contribution >= 4 is 44.3 Å². The molecule has 0 amide bonds. The maximum absolute atomic E-state index is 5.26. The van der Waals surface area contributed by atoms with E-state index in [1.165, 1.54) is 0 Å². The molecule has 0 atom stereocenters. The van der Waals surface area contributed by atoms with Crippen molar-refractivity contribution in [3.05, 3.63) is 32.4 Å². The van der Waals surface area contributed by atoms with Crippen LogP contribution in [-0.2, 0) is 0 Å². The van der Waals surface area contributed by atoms with Gasteiger partial charge in [-0.3, -0.25) is 0 Å². The minimum atomic E-state index is 0.676. The Kier molecular flexibility index (Phi) is 5.59. The lowest BCUT2D eigenvalue weighted by molar-refractivity contribution is 0.415. The number of nitrogens with zero attached hydrogens (tertiary/aromatic N) is 2. The van der Waals surface area contributed by atoms with E-state index in [0.29, 0.717) is 5.82 Å². The predicted molar refractivity (Wildman–Crippen MR) is 93.2 cm³/mol. The zero-order valence-electron chi connectivity index (χ0n) is 11.3. The second kappa shape index (κ2) is 7.21. The van der Waals surface area contributed by atoms with Crippen molar-refractivity contribution < 1.29 is 4.74 Å². The molecule has 1 N–H and O–H groups in total. The number of methoxy groups -OCH3 is 1. The molecule has 0 saturated carbocycles. The van der Waals surface area contributed by atoms with Gasteiger partial charge in [-0.15, -0.1) is 0 Å². The number of hydrogen-bond donors (Lipinski definition) is 1. The molecule has 2 rings (SSSR count). The van der Waals surface area contributed by atoms with E-state index >= 15 is 0 Å². The lowest BCUT2D eigenvalue weighted by Crippen LogP contribution is -2.05. The maximum Gasteiger partial charge on any atom is 0.162 e. The highest BCUT2D eigenvalue weighted by Crippen LogP contribution is 2.30. The van der Waals surface area contributed by atoms with Gasteiger partial charge in [0.1, 0.15) is 11.6 Å². The van der Waals surface area contributed by atoms with Crippen LogP contribution in [0.15, 0.2) is 28.9 Å². The second-order valence-electron chi connectivity index (χ2n) is 4.16. The SMILES string of the molecule is CCCNc1nc(-c2cc(OC)ccc2Br)ncc1I. The van der Waals surface area contributed by atoms with Crippen LogP contribution in [0, 0.1) is 3.57 Å². The molecule has 0 aliphatic heterocycles. The Hall–Kier alpha value is -0.890. The summed E-state index contributed by atoms with van der Waals surface area (Å²) in [6, 6.07) is 5.76. The molecule has 0 radical (unpaired) electrons. The van der Waals surface area contributed by atoms with Crippen molar-refractivity contribution in [2.24, 2.45) is 0 Å². The van der Waals surface area contributed by atoms with Crippen LogP contribution in [0.5, 0.6) is 5.75 Å². The molecule has 0 unspecified atom stereocenters. The van der Waals surface area contributed by atoms with Crippen LogP contribution in [0.4, 0.5) is 5.82 Å². The summed E-state index contributed by atoms with van der Waals surface area (Å²) in [7, 11) is 1.65. The summed E-state index contributed by atoms with van der Waals surface area (Å²) < 4.78 is 7.21. The normalized spacial score (nSPS) is 10.4. The summed E-state index contributed by atoms with van der Waals surface area (Å²) in [5, 5.41) is 3.32. The van der Waals surface area contributed by atoms with Crippen LogP contribution in [-0.4, -0.2) is 23.6 Å². The minimum absolute atomic E-state index is 0.676. The van der Waals surface area contributed by atoms with Crippen molar-refractivity contribution in [1.29, 1.82) is 0 Å². The van der Waals surface area contributed by atoms with Gasteiger partial charge in [0.25, 0.3) is 0 Å². The number of halogens is 2. The molecular formula is C14H15BrIN3O. The Morgan fingerprint density at radius 3 is 2.90 bits per heavy atom. The summed E-state index contributed by atoms with van der Waals surface area (Å²) in [4.78, 5) is 9.01. The fraction of sp³-hybridized carbons (Fsp3) is 0.286. The smallest absolute Gasteiger partial charge is 0.162 e. The first-order valence-electron chi connectivity index (χ1n) is 6.26. The van der Waals surface area contributed by atoms with Crippen molar-refractivity contribution in [2.75, 3.05) is 19.0 Å². The fourth-order valence-corrected chi connectivity index (χ4v) is 2.54. The van der Waals surface area contributed by atoms with Crippen LogP contribution in [0.1, 0.15) is 13.3 Å². The predicted octanol–water partition coefficient (Wildman–Crippen LogP) is 4.34. The number of aromatic nitrogens is 2. The number of rotatable bonds is 5. The largest absolute Gasteiger partial charge is 0.497 e. The highest BCUT2D eigenvalue weighted by atomic mass is 127. The molecule has 0 saturated heterocycles. The number of nitrogens with one attached hydrogen (secondary N) is 1. The van der Waals surface area contributed by atoms with Gasteiger partial charge in [-0.1, -0.05) is 22.9 Å². The van der Waals surface area contributed by atoms with Crippen LogP contribution < -0.4 is 10.1 Å². The average Bonchev–Trinajstić information content (AvgIpc) is 2.47. The topological polar surface area (TPSA) is 47.0 Å². The highest BCUT2D eigenvalue weighted by molar-refractivity contribution is 14.1. The Labute approximate surface area is 140 Å². The summed E-state index contributed by atoms with van der Waals surface area (Å²) in [6.45, 7) is 3.02. The number of benzene rings is 1. The first kappa shape index (κ1) is 15.5. The molecule has 20 heavy (non-hydrogen) atoms. The highest BCUT2D eigenvalue weighted by Gasteiger charge is 2.10. The van der Waals surface area contributed by atoms with E-state index in [-0.39, 0.29) is 0 Å². The van der Waals surface area contributed by atoms with E-state index < -0.39 is 0 Å². The van der Waals surface area contributed by atoms with E-state index in [1.54, 1.807) is 7.11 Å². The van der Waals surface area contributed by atoms with Gasteiger partial charge in [-0.05, 0) is 47.2 Å². The van der Waals surface area contributed by atoms with Gasteiger partial charge in [0.15, 0.2) is 5.82 Å². The second-order valence-corrected chi connectivity index (χ2v) is 6.18.